The smallest absolute Gasteiger partial charge is 0.146 e. The summed E-state index contributed by atoms with van der Waals surface area (Å²) in [7, 11) is 2.18. The lowest BCUT2D eigenvalue weighted by Gasteiger charge is -2.20. The van der Waals surface area contributed by atoms with Crippen LogP contribution in [0.2, 0.25) is 5.02 Å². The first kappa shape index (κ1) is 15.5. The van der Waals surface area contributed by atoms with E-state index in [0.29, 0.717) is 0 Å². The Morgan fingerprint density at radius 2 is 2.05 bits per heavy atom. The molecule has 0 spiro atoms. The molecule has 6 heteroatoms. The van der Waals surface area contributed by atoms with Crippen LogP contribution in [0.4, 0.5) is 0 Å². The molecule has 0 atom stereocenters. The third-order valence-corrected chi connectivity index (χ3v) is 4.42. The second kappa shape index (κ2) is 6.77. The average molecular weight is 320 g/mol. The van der Waals surface area contributed by atoms with Gasteiger partial charge in [-0.15, -0.1) is 0 Å². The predicted molar refractivity (Wildman–Crippen MR) is 88.5 cm³/mol. The predicted octanol–water partition coefficient (Wildman–Crippen LogP) is 2.37. The molecule has 0 amide bonds. The van der Waals surface area contributed by atoms with Crippen molar-refractivity contribution >= 4 is 11.6 Å². The molecule has 1 aromatic heterocycles. The minimum absolute atomic E-state index is 0.749. The fourth-order valence-electron chi connectivity index (χ4n) is 2.89. The summed E-state index contributed by atoms with van der Waals surface area (Å²) < 4.78 is 1.93. The number of aryl methyl sites for hydroxylation is 1. The summed E-state index contributed by atoms with van der Waals surface area (Å²) in [5.74, 6) is 0.981. The summed E-state index contributed by atoms with van der Waals surface area (Å²) in [4.78, 5) is 9.30. The Bertz CT molecular complexity index is 639. The zero-order valence-corrected chi connectivity index (χ0v) is 13.9. The molecule has 0 saturated carbocycles. The number of benzene rings is 1. The van der Waals surface area contributed by atoms with Crippen molar-refractivity contribution < 1.29 is 0 Å². The van der Waals surface area contributed by atoms with E-state index < -0.39 is 0 Å². The Labute approximate surface area is 136 Å². The number of halogens is 1. The van der Waals surface area contributed by atoms with Crippen molar-refractivity contribution in [1.82, 2.24) is 24.6 Å². The summed E-state index contributed by atoms with van der Waals surface area (Å²) >= 11 is 6.05. The van der Waals surface area contributed by atoms with Gasteiger partial charge in [0.2, 0.25) is 0 Å². The van der Waals surface area contributed by atoms with Gasteiger partial charge < -0.3 is 4.90 Å². The monoisotopic (exact) mass is 319 g/mol. The van der Waals surface area contributed by atoms with E-state index in [0.717, 1.165) is 48.3 Å². The number of likely N-dealkylation sites (N-methyl/N-ethyl adjacent to an activating group) is 1. The fourth-order valence-corrected chi connectivity index (χ4v) is 3.12. The van der Waals surface area contributed by atoms with Crippen LogP contribution in [0.3, 0.4) is 0 Å². The van der Waals surface area contributed by atoms with Gasteiger partial charge in [0.1, 0.15) is 12.2 Å². The molecule has 0 radical (unpaired) electrons. The van der Waals surface area contributed by atoms with Crippen molar-refractivity contribution in [3.05, 3.63) is 40.9 Å². The van der Waals surface area contributed by atoms with Crippen LogP contribution in [-0.2, 0) is 6.54 Å². The minimum Gasteiger partial charge on any atom is -0.305 e. The van der Waals surface area contributed by atoms with E-state index in [-0.39, 0.29) is 0 Å². The minimum atomic E-state index is 0.749. The van der Waals surface area contributed by atoms with Gasteiger partial charge in [0.15, 0.2) is 0 Å². The molecule has 0 aliphatic carbocycles. The SMILES string of the molecule is Cc1cc(Cl)ccc1-n1ncnc1CN1CCCN(C)CC1. The maximum atomic E-state index is 6.05. The maximum Gasteiger partial charge on any atom is 0.146 e. The quantitative estimate of drug-likeness (QED) is 0.870. The van der Waals surface area contributed by atoms with Gasteiger partial charge in [-0.3, -0.25) is 4.90 Å². The van der Waals surface area contributed by atoms with Gasteiger partial charge in [-0.25, -0.2) is 9.67 Å². The topological polar surface area (TPSA) is 37.2 Å². The van der Waals surface area contributed by atoms with Gasteiger partial charge in [-0.2, -0.15) is 5.10 Å². The molecule has 2 aromatic rings. The Kier molecular flexibility index (Phi) is 4.76. The molecule has 3 rings (SSSR count). The van der Waals surface area contributed by atoms with Gasteiger partial charge in [0.25, 0.3) is 0 Å². The van der Waals surface area contributed by atoms with E-state index in [1.54, 1.807) is 6.33 Å². The lowest BCUT2D eigenvalue weighted by Crippen LogP contribution is -2.29. The largest absolute Gasteiger partial charge is 0.305 e. The highest BCUT2D eigenvalue weighted by atomic mass is 35.5. The lowest BCUT2D eigenvalue weighted by molar-refractivity contribution is 0.261. The van der Waals surface area contributed by atoms with Gasteiger partial charge in [-0.1, -0.05) is 11.6 Å². The number of aromatic nitrogens is 3. The number of nitrogens with zero attached hydrogens (tertiary/aromatic N) is 5. The molecule has 1 aliphatic heterocycles. The van der Waals surface area contributed by atoms with Crippen LogP contribution in [0.25, 0.3) is 5.69 Å². The molecule has 1 aliphatic rings. The highest BCUT2D eigenvalue weighted by Gasteiger charge is 2.16. The molecular formula is C16H22ClN5. The normalized spacial score (nSPS) is 17.6. The molecule has 0 unspecified atom stereocenters. The average Bonchev–Trinajstić information content (AvgIpc) is 2.82. The van der Waals surface area contributed by atoms with Crippen LogP contribution in [0, 0.1) is 6.92 Å². The third-order valence-electron chi connectivity index (χ3n) is 4.18. The maximum absolute atomic E-state index is 6.05. The number of rotatable bonds is 3. The molecule has 1 saturated heterocycles. The molecule has 2 heterocycles. The van der Waals surface area contributed by atoms with Crippen LogP contribution in [0.5, 0.6) is 0 Å². The van der Waals surface area contributed by atoms with Crippen molar-refractivity contribution in [3.63, 3.8) is 0 Å². The Morgan fingerprint density at radius 3 is 2.86 bits per heavy atom. The summed E-state index contributed by atoms with van der Waals surface area (Å²) in [5, 5.41) is 5.15. The van der Waals surface area contributed by atoms with E-state index >= 15 is 0 Å². The van der Waals surface area contributed by atoms with Crippen molar-refractivity contribution in [3.8, 4) is 5.69 Å². The van der Waals surface area contributed by atoms with Crippen molar-refractivity contribution in [2.75, 3.05) is 33.2 Å². The Balaban J connectivity index is 1.80. The standard InChI is InChI=1S/C16H22ClN5/c1-13-10-14(17)4-5-15(13)22-16(18-12-19-22)11-21-7-3-6-20(2)8-9-21/h4-5,10,12H,3,6-9,11H2,1-2H3. The zero-order chi connectivity index (χ0) is 15.5. The lowest BCUT2D eigenvalue weighted by atomic mass is 10.2. The molecule has 22 heavy (non-hydrogen) atoms. The van der Waals surface area contributed by atoms with E-state index in [1.165, 1.54) is 13.0 Å². The molecule has 118 valence electrons. The molecular weight excluding hydrogens is 298 g/mol. The highest BCUT2D eigenvalue weighted by molar-refractivity contribution is 6.30. The number of hydrogen-bond acceptors (Lipinski definition) is 4. The van der Waals surface area contributed by atoms with Gasteiger partial charge in [0.05, 0.1) is 12.2 Å². The van der Waals surface area contributed by atoms with Gasteiger partial charge in [-0.05, 0) is 57.2 Å². The first-order valence-corrected chi connectivity index (χ1v) is 8.07. The number of hydrogen-bond donors (Lipinski definition) is 0. The van der Waals surface area contributed by atoms with Crippen LogP contribution in [0.15, 0.2) is 24.5 Å². The second-order valence-electron chi connectivity index (χ2n) is 5.95. The Morgan fingerprint density at radius 1 is 1.18 bits per heavy atom. The first-order chi connectivity index (χ1) is 10.6. The van der Waals surface area contributed by atoms with E-state index in [1.807, 2.05) is 29.8 Å². The molecule has 5 nitrogen and oxygen atoms in total. The second-order valence-corrected chi connectivity index (χ2v) is 6.39. The van der Waals surface area contributed by atoms with Crippen molar-refractivity contribution in [2.24, 2.45) is 0 Å². The molecule has 0 bridgehead atoms. The molecule has 1 aromatic carbocycles. The molecule has 0 N–H and O–H groups in total. The Hall–Kier alpha value is -1.43. The van der Waals surface area contributed by atoms with E-state index in [2.05, 4.69) is 26.9 Å². The summed E-state index contributed by atoms with van der Waals surface area (Å²) in [6.45, 7) is 7.33. The van der Waals surface area contributed by atoms with Crippen LogP contribution >= 0.6 is 11.6 Å². The van der Waals surface area contributed by atoms with Gasteiger partial charge >= 0.3 is 0 Å². The van der Waals surface area contributed by atoms with Crippen LogP contribution in [0.1, 0.15) is 17.8 Å². The zero-order valence-electron chi connectivity index (χ0n) is 13.2. The summed E-state index contributed by atoms with van der Waals surface area (Å²) in [6, 6.07) is 5.87. The van der Waals surface area contributed by atoms with Crippen LogP contribution in [-0.4, -0.2) is 57.8 Å². The van der Waals surface area contributed by atoms with Gasteiger partial charge in [0, 0.05) is 18.1 Å². The van der Waals surface area contributed by atoms with Crippen molar-refractivity contribution in [1.29, 1.82) is 0 Å². The van der Waals surface area contributed by atoms with Crippen molar-refractivity contribution in [2.45, 2.75) is 19.9 Å². The third kappa shape index (κ3) is 3.48. The fraction of sp³-hybridized carbons (Fsp3) is 0.500. The highest BCUT2D eigenvalue weighted by Crippen LogP contribution is 2.20. The van der Waals surface area contributed by atoms with Crippen LogP contribution < -0.4 is 0 Å². The summed E-state index contributed by atoms with van der Waals surface area (Å²) in [6.07, 6.45) is 2.83. The summed E-state index contributed by atoms with van der Waals surface area (Å²) in [5.41, 5.74) is 2.15. The van der Waals surface area contributed by atoms with E-state index in [4.69, 9.17) is 11.6 Å². The van der Waals surface area contributed by atoms with E-state index in [9.17, 15) is 0 Å². The first-order valence-electron chi connectivity index (χ1n) is 7.70. The molecule has 1 fully saturated rings.